The van der Waals surface area contributed by atoms with Crippen LogP contribution in [0.5, 0.6) is 0 Å². The largest absolute Gasteiger partial charge is 0.352 e. The van der Waals surface area contributed by atoms with Crippen molar-refractivity contribution in [3.05, 3.63) is 69.7 Å². The van der Waals surface area contributed by atoms with Gasteiger partial charge in [-0.15, -0.1) is 0 Å². The molecular formula is C21H25BrN2O3S. The minimum absolute atomic E-state index is 0.00427. The van der Waals surface area contributed by atoms with Crippen molar-refractivity contribution in [2.45, 2.75) is 32.1 Å². The summed E-state index contributed by atoms with van der Waals surface area (Å²) in [6.45, 7) is 3.30. The number of piperidine rings is 1. The summed E-state index contributed by atoms with van der Waals surface area (Å²) >= 11 is 3.37. The summed E-state index contributed by atoms with van der Waals surface area (Å²) in [5, 5.41) is 2.98. The molecule has 1 N–H and O–H groups in total. The smallest absolute Gasteiger partial charge is 0.223 e. The fourth-order valence-corrected chi connectivity index (χ4v) is 5.36. The second-order valence-corrected chi connectivity index (χ2v) is 10.1. The first-order chi connectivity index (χ1) is 13.3. The van der Waals surface area contributed by atoms with Crippen LogP contribution in [0.3, 0.4) is 0 Å². The van der Waals surface area contributed by atoms with Crippen LogP contribution < -0.4 is 5.32 Å². The van der Waals surface area contributed by atoms with Gasteiger partial charge in [0.1, 0.15) is 0 Å². The van der Waals surface area contributed by atoms with Gasteiger partial charge in [-0.25, -0.2) is 12.7 Å². The topological polar surface area (TPSA) is 66.5 Å². The highest BCUT2D eigenvalue weighted by molar-refractivity contribution is 9.10. The number of aryl methyl sites for hydroxylation is 1. The molecule has 0 atom stereocenters. The summed E-state index contributed by atoms with van der Waals surface area (Å²) in [6, 6.07) is 15.4. The lowest BCUT2D eigenvalue weighted by Gasteiger charge is -2.30. The van der Waals surface area contributed by atoms with Crippen LogP contribution in [0.4, 0.5) is 0 Å². The minimum atomic E-state index is -3.38. The first kappa shape index (κ1) is 21.0. The van der Waals surface area contributed by atoms with Gasteiger partial charge in [0.25, 0.3) is 0 Å². The number of hydrogen-bond acceptors (Lipinski definition) is 3. The third kappa shape index (κ3) is 5.65. The van der Waals surface area contributed by atoms with Crippen molar-refractivity contribution in [2.75, 3.05) is 13.1 Å². The van der Waals surface area contributed by atoms with Gasteiger partial charge in [0.2, 0.25) is 15.9 Å². The predicted octanol–water partition coefficient (Wildman–Crippen LogP) is 3.62. The van der Waals surface area contributed by atoms with E-state index in [0.29, 0.717) is 32.5 Å². The molecule has 1 heterocycles. The third-order valence-electron chi connectivity index (χ3n) is 5.04. The highest BCUT2D eigenvalue weighted by atomic mass is 79.9. The number of hydrogen-bond donors (Lipinski definition) is 1. The first-order valence-electron chi connectivity index (χ1n) is 9.39. The number of sulfonamides is 1. The average molecular weight is 465 g/mol. The van der Waals surface area contributed by atoms with Gasteiger partial charge in [0.15, 0.2) is 0 Å². The number of carbonyl (C=O) groups excluding carboxylic acids is 1. The lowest BCUT2D eigenvalue weighted by molar-refractivity contribution is -0.126. The molecule has 0 spiro atoms. The first-order valence-corrected chi connectivity index (χ1v) is 11.8. The number of nitrogens with zero attached hydrogens (tertiary/aromatic N) is 1. The van der Waals surface area contributed by atoms with Crippen LogP contribution in [-0.2, 0) is 27.1 Å². The fourth-order valence-electron chi connectivity index (χ4n) is 3.36. The molecule has 1 amide bonds. The van der Waals surface area contributed by atoms with Crippen LogP contribution in [0.1, 0.15) is 29.5 Å². The van der Waals surface area contributed by atoms with Gasteiger partial charge in [-0.1, -0.05) is 57.9 Å². The van der Waals surface area contributed by atoms with E-state index < -0.39 is 10.0 Å². The van der Waals surface area contributed by atoms with Crippen molar-refractivity contribution in [1.29, 1.82) is 0 Å². The zero-order valence-corrected chi connectivity index (χ0v) is 18.3. The van der Waals surface area contributed by atoms with Crippen LogP contribution >= 0.6 is 15.9 Å². The molecule has 2 aromatic carbocycles. The molecule has 7 heteroatoms. The van der Waals surface area contributed by atoms with Gasteiger partial charge in [0.05, 0.1) is 5.75 Å². The number of rotatable bonds is 6. The molecule has 0 bridgehead atoms. The average Bonchev–Trinajstić information content (AvgIpc) is 2.67. The number of nitrogens with one attached hydrogen (secondary N) is 1. The molecule has 0 unspecified atom stereocenters. The predicted molar refractivity (Wildman–Crippen MR) is 114 cm³/mol. The highest BCUT2D eigenvalue weighted by Gasteiger charge is 2.31. The Kier molecular flexibility index (Phi) is 6.91. The Morgan fingerprint density at radius 3 is 2.43 bits per heavy atom. The van der Waals surface area contributed by atoms with Crippen molar-refractivity contribution in [1.82, 2.24) is 9.62 Å². The Morgan fingerprint density at radius 1 is 1.11 bits per heavy atom. The minimum Gasteiger partial charge on any atom is -0.352 e. The Bertz CT molecular complexity index is 921. The Labute approximate surface area is 175 Å². The lowest BCUT2D eigenvalue weighted by atomic mass is 9.97. The molecule has 0 aromatic heterocycles. The SMILES string of the molecule is Cc1ccc(CNC(=O)C2CCN(S(=O)(=O)Cc3cccc(Br)c3)CC2)cc1. The van der Waals surface area contributed by atoms with Crippen molar-refractivity contribution >= 4 is 31.9 Å². The van der Waals surface area contributed by atoms with Crippen LogP contribution in [0.25, 0.3) is 0 Å². The maximum Gasteiger partial charge on any atom is 0.223 e. The molecule has 1 aliphatic heterocycles. The number of carbonyl (C=O) groups is 1. The molecule has 1 saturated heterocycles. The van der Waals surface area contributed by atoms with Crippen molar-refractivity contribution in [2.24, 2.45) is 5.92 Å². The summed E-state index contributed by atoms with van der Waals surface area (Å²) < 4.78 is 27.8. The molecule has 0 aliphatic carbocycles. The lowest BCUT2D eigenvalue weighted by Crippen LogP contribution is -2.43. The van der Waals surface area contributed by atoms with Crippen LogP contribution in [-0.4, -0.2) is 31.7 Å². The van der Waals surface area contributed by atoms with E-state index in [2.05, 4.69) is 21.2 Å². The Morgan fingerprint density at radius 2 is 1.79 bits per heavy atom. The summed E-state index contributed by atoms with van der Waals surface area (Å²) in [4.78, 5) is 12.4. The Hall–Kier alpha value is -1.70. The van der Waals surface area contributed by atoms with Crippen molar-refractivity contribution in [3.8, 4) is 0 Å². The molecule has 28 heavy (non-hydrogen) atoms. The number of amides is 1. The molecular weight excluding hydrogens is 440 g/mol. The quantitative estimate of drug-likeness (QED) is 0.709. The molecule has 0 radical (unpaired) electrons. The normalized spacial score (nSPS) is 16.1. The molecule has 2 aromatic rings. The second kappa shape index (κ2) is 9.20. The highest BCUT2D eigenvalue weighted by Crippen LogP contribution is 2.23. The van der Waals surface area contributed by atoms with Gasteiger partial charge in [-0.05, 0) is 43.0 Å². The fraction of sp³-hybridized carbons (Fsp3) is 0.381. The van der Waals surface area contributed by atoms with E-state index in [-0.39, 0.29) is 17.6 Å². The monoisotopic (exact) mass is 464 g/mol. The van der Waals surface area contributed by atoms with E-state index in [1.807, 2.05) is 55.5 Å². The van der Waals surface area contributed by atoms with E-state index in [0.717, 1.165) is 15.6 Å². The van der Waals surface area contributed by atoms with Crippen molar-refractivity contribution in [3.63, 3.8) is 0 Å². The maximum absolute atomic E-state index is 12.7. The molecule has 5 nitrogen and oxygen atoms in total. The number of halogens is 1. The molecule has 150 valence electrons. The van der Waals surface area contributed by atoms with E-state index in [1.165, 1.54) is 9.87 Å². The maximum atomic E-state index is 12.7. The Balaban J connectivity index is 1.50. The van der Waals surface area contributed by atoms with Crippen LogP contribution in [0, 0.1) is 12.8 Å². The van der Waals surface area contributed by atoms with E-state index in [1.54, 1.807) is 0 Å². The van der Waals surface area contributed by atoms with Gasteiger partial charge in [-0.2, -0.15) is 0 Å². The van der Waals surface area contributed by atoms with E-state index in [4.69, 9.17) is 0 Å². The van der Waals surface area contributed by atoms with Crippen LogP contribution in [0.15, 0.2) is 53.0 Å². The summed E-state index contributed by atoms with van der Waals surface area (Å²) in [5.74, 6) is -0.149. The second-order valence-electron chi connectivity index (χ2n) is 7.26. The van der Waals surface area contributed by atoms with Gasteiger partial charge in [0, 0.05) is 30.0 Å². The van der Waals surface area contributed by atoms with Gasteiger partial charge in [-0.3, -0.25) is 4.79 Å². The zero-order valence-electron chi connectivity index (χ0n) is 15.9. The van der Waals surface area contributed by atoms with Crippen molar-refractivity contribution < 1.29 is 13.2 Å². The zero-order chi connectivity index (χ0) is 20.1. The van der Waals surface area contributed by atoms with E-state index >= 15 is 0 Å². The van der Waals surface area contributed by atoms with Crippen LogP contribution in [0.2, 0.25) is 0 Å². The number of benzene rings is 2. The van der Waals surface area contributed by atoms with Gasteiger partial charge >= 0.3 is 0 Å². The summed E-state index contributed by atoms with van der Waals surface area (Å²) in [5.41, 5.74) is 3.01. The van der Waals surface area contributed by atoms with E-state index in [9.17, 15) is 13.2 Å². The third-order valence-corrected chi connectivity index (χ3v) is 7.39. The summed E-state index contributed by atoms with van der Waals surface area (Å²) in [7, 11) is -3.38. The molecule has 1 fully saturated rings. The molecule has 1 aliphatic rings. The standard InChI is InChI=1S/C21H25BrN2O3S/c1-16-5-7-17(8-6-16)14-23-21(25)19-9-11-24(12-10-19)28(26,27)15-18-3-2-4-20(22)13-18/h2-8,13,19H,9-12,14-15H2,1H3,(H,23,25). The molecule has 0 saturated carbocycles. The summed E-state index contributed by atoms with van der Waals surface area (Å²) in [6.07, 6.45) is 1.11. The van der Waals surface area contributed by atoms with Gasteiger partial charge < -0.3 is 5.32 Å². The molecule has 3 rings (SSSR count).